The minimum Gasteiger partial charge on any atom is -0.356 e. The molecule has 3 rings (SSSR count). The Morgan fingerprint density at radius 2 is 2.18 bits per heavy atom. The molecule has 1 aromatic heterocycles. The van der Waals surface area contributed by atoms with E-state index in [0.717, 1.165) is 16.9 Å². The zero-order valence-electron chi connectivity index (χ0n) is 12.2. The van der Waals surface area contributed by atoms with Gasteiger partial charge in [0.15, 0.2) is 9.84 Å². The van der Waals surface area contributed by atoms with Crippen molar-refractivity contribution in [3.63, 3.8) is 0 Å². The molecule has 6 nitrogen and oxygen atoms in total. The summed E-state index contributed by atoms with van der Waals surface area (Å²) in [7, 11) is -2.88. The number of aromatic amines is 1. The first kappa shape index (κ1) is 15.0. The molecule has 0 saturated carbocycles. The molecule has 22 heavy (non-hydrogen) atoms. The van der Waals surface area contributed by atoms with E-state index in [9.17, 15) is 13.2 Å². The van der Waals surface area contributed by atoms with Crippen LogP contribution < -0.4 is 5.32 Å². The smallest absolute Gasteiger partial charge is 0.220 e. The Labute approximate surface area is 129 Å². The molecule has 1 saturated heterocycles. The van der Waals surface area contributed by atoms with Gasteiger partial charge in [-0.1, -0.05) is 12.1 Å². The van der Waals surface area contributed by atoms with E-state index in [-0.39, 0.29) is 23.3 Å². The summed E-state index contributed by atoms with van der Waals surface area (Å²) in [5.74, 6) is 1.22. The van der Waals surface area contributed by atoms with E-state index in [1.807, 2.05) is 24.3 Å². The number of carbonyl (C=O) groups excluding carboxylic acids is 1. The molecule has 1 fully saturated rings. The van der Waals surface area contributed by atoms with Crippen molar-refractivity contribution in [3.8, 4) is 0 Å². The highest BCUT2D eigenvalue weighted by Gasteiger charge is 2.27. The lowest BCUT2D eigenvalue weighted by atomic mass is 10.1. The van der Waals surface area contributed by atoms with Gasteiger partial charge in [-0.25, -0.2) is 13.4 Å². The zero-order chi connectivity index (χ0) is 15.6. The normalized spacial score (nSPS) is 20.3. The molecule has 2 heterocycles. The molecule has 1 amide bonds. The number of amides is 1. The number of nitrogens with zero attached hydrogens (tertiary/aromatic N) is 1. The lowest BCUT2D eigenvalue weighted by molar-refractivity contribution is -0.121. The van der Waals surface area contributed by atoms with E-state index in [1.54, 1.807) is 0 Å². The molecule has 0 unspecified atom stereocenters. The van der Waals surface area contributed by atoms with E-state index in [2.05, 4.69) is 15.3 Å². The lowest BCUT2D eigenvalue weighted by Crippen LogP contribution is -2.30. The molecule has 118 valence electrons. The van der Waals surface area contributed by atoms with Crippen molar-refractivity contribution in [2.75, 3.05) is 18.1 Å². The molecule has 0 spiro atoms. The standard InChI is InChI=1S/C15H19N3O3S/c19-15(16-9-11-7-8-22(20,21)10-11)6-5-14-17-12-3-1-2-4-13(12)18-14/h1-4,11H,5-10H2,(H,16,19)(H,17,18)/t11-/m0/s1. The van der Waals surface area contributed by atoms with E-state index in [4.69, 9.17) is 0 Å². The molecule has 2 aromatic rings. The molecule has 0 bridgehead atoms. The first-order chi connectivity index (χ1) is 10.5. The van der Waals surface area contributed by atoms with Gasteiger partial charge in [0.1, 0.15) is 5.82 Å². The molecule has 2 N–H and O–H groups in total. The summed E-state index contributed by atoms with van der Waals surface area (Å²) >= 11 is 0. The topological polar surface area (TPSA) is 91.9 Å². The maximum Gasteiger partial charge on any atom is 0.220 e. The number of imidazole rings is 1. The minimum absolute atomic E-state index is 0.0557. The van der Waals surface area contributed by atoms with Crippen LogP contribution in [0.4, 0.5) is 0 Å². The first-order valence-electron chi connectivity index (χ1n) is 7.42. The number of hydrogen-bond donors (Lipinski definition) is 2. The van der Waals surface area contributed by atoms with Crippen molar-refractivity contribution in [2.45, 2.75) is 19.3 Å². The Morgan fingerprint density at radius 3 is 2.91 bits per heavy atom. The molecule has 1 aliphatic heterocycles. The average molecular weight is 321 g/mol. The number of carbonyl (C=O) groups is 1. The Balaban J connectivity index is 1.46. The number of benzene rings is 1. The minimum atomic E-state index is -2.88. The molecular formula is C15H19N3O3S. The third-order valence-corrected chi connectivity index (χ3v) is 5.78. The third kappa shape index (κ3) is 3.65. The van der Waals surface area contributed by atoms with Crippen molar-refractivity contribution in [1.82, 2.24) is 15.3 Å². The fourth-order valence-corrected chi connectivity index (χ4v) is 4.60. The highest BCUT2D eigenvalue weighted by molar-refractivity contribution is 7.91. The van der Waals surface area contributed by atoms with Crippen LogP contribution in [0, 0.1) is 5.92 Å². The quantitative estimate of drug-likeness (QED) is 0.861. The van der Waals surface area contributed by atoms with E-state index in [0.29, 0.717) is 25.8 Å². The summed E-state index contributed by atoms with van der Waals surface area (Å²) in [5, 5.41) is 2.82. The first-order valence-corrected chi connectivity index (χ1v) is 9.25. The fourth-order valence-electron chi connectivity index (χ4n) is 2.74. The van der Waals surface area contributed by atoms with Gasteiger partial charge >= 0.3 is 0 Å². The summed E-state index contributed by atoms with van der Waals surface area (Å²) in [5.41, 5.74) is 1.86. The van der Waals surface area contributed by atoms with Gasteiger partial charge in [-0.15, -0.1) is 0 Å². The summed E-state index contributed by atoms with van der Waals surface area (Å²) < 4.78 is 22.7. The Bertz CT molecular complexity index is 749. The fraction of sp³-hybridized carbons (Fsp3) is 0.467. The maximum atomic E-state index is 11.8. The van der Waals surface area contributed by atoms with Crippen molar-refractivity contribution in [2.24, 2.45) is 5.92 Å². The monoisotopic (exact) mass is 321 g/mol. The van der Waals surface area contributed by atoms with Crippen molar-refractivity contribution < 1.29 is 13.2 Å². The highest BCUT2D eigenvalue weighted by atomic mass is 32.2. The molecule has 1 aromatic carbocycles. The van der Waals surface area contributed by atoms with Gasteiger partial charge in [0.25, 0.3) is 0 Å². The predicted molar refractivity (Wildman–Crippen MR) is 84.2 cm³/mol. The predicted octanol–water partition coefficient (Wildman–Crippen LogP) is 1.05. The van der Waals surface area contributed by atoms with Gasteiger partial charge in [0, 0.05) is 19.4 Å². The van der Waals surface area contributed by atoms with Crippen LogP contribution in [0.1, 0.15) is 18.7 Å². The number of fused-ring (bicyclic) bond motifs is 1. The number of aryl methyl sites for hydroxylation is 1. The largest absolute Gasteiger partial charge is 0.356 e. The lowest BCUT2D eigenvalue weighted by Gasteiger charge is -2.09. The summed E-state index contributed by atoms with van der Waals surface area (Å²) in [4.78, 5) is 19.5. The molecular weight excluding hydrogens is 302 g/mol. The van der Waals surface area contributed by atoms with Gasteiger partial charge in [0.05, 0.1) is 22.5 Å². The van der Waals surface area contributed by atoms with Crippen LogP contribution in [-0.4, -0.2) is 42.3 Å². The molecule has 1 atom stereocenters. The number of sulfone groups is 1. The van der Waals surface area contributed by atoms with Crippen molar-refractivity contribution >= 4 is 26.8 Å². The van der Waals surface area contributed by atoms with E-state index < -0.39 is 9.84 Å². The van der Waals surface area contributed by atoms with Crippen LogP contribution >= 0.6 is 0 Å². The van der Waals surface area contributed by atoms with Crippen molar-refractivity contribution in [3.05, 3.63) is 30.1 Å². The molecule has 0 radical (unpaired) electrons. The van der Waals surface area contributed by atoms with Gasteiger partial charge in [0.2, 0.25) is 5.91 Å². The SMILES string of the molecule is O=C(CCc1nc2ccccc2[nH]1)NC[C@@H]1CCS(=O)(=O)C1. The third-order valence-electron chi connectivity index (χ3n) is 3.94. The number of hydrogen-bond acceptors (Lipinski definition) is 4. The summed E-state index contributed by atoms with van der Waals surface area (Å²) in [6.07, 6.45) is 1.54. The van der Waals surface area contributed by atoms with Crippen LogP contribution in [0.15, 0.2) is 24.3 Å². The van der Waals surface area contributed by atoms with Gasteiger partial charge in [-0.05, 0) is 24.5 Å². The number of nitrogens with one attached hydrogen (secondary N) is 2. The van der Waals surface area contributed by atoms with Crippen LogP contribution in [0.2, 0.25) is 0 Å². The second-order valence-electron chi connectivity index (χ2n) is 5.77. The number of aromatic nitrogens is 2. The number of para-hydroxylation sites is 2. The molecule has 1 aliphatic rings. The molecule has 0 aliphatic carbocycles. The second-order valence-corrected chi connectivity index (χ2v) is 8.00. The Kier molecular flexibility index (Phi) is 4.15. The average Bonchev–Trinajstić information content (AvgIpc) is 3.05. The van der Waals surface area contributed by atoms with E-state index in [1.165, 1.54) is 0 Å². The van der Waals surface area contributed by atoms with Gasteiger partial charge in [-0.2, -0.15) is 0 Å². The highest BCUT2D eigenvalue weighted by Crippen LogP contribution is 2.17. The number of H-pyrrole nitrogens is 1. The van der Waals surface area contributed by atoms with Crippen LogP contribution in [-0.2, 0) is 21.1 Å². The van der Waals surface area contributed by atoms with Crippen LogP contribution in [0.3, 0.4) is 0 Å². The zero-order valence-corrected chi connectivity index (χ0v) is 13.0. The Hall–Kier alpha value is -1.89. The summed E-state index contributed by atoms with van der Waals surface area (Å²) in [6, 6.07) is 7.74. The Morgan fingerprint density at radius 1 is 1.36 bits per heavy atom. The van der Waals surface area contributed by atoms with Gasteiger partial charge < -0.3 is 10.3 Å². The molecule has 7 heteroatoms. The van der Waals surface area contributed by atoms with Crippen LogP contribution in [0.25, 0.3) is 11.0 Å². The van der Waals surface area contributed by atoms with Gasteiger partial charge in [-0.3, -0.25) is 4.79 Å². The summed E-state index contributed by atoms with van der Waals surface area (Å²) in [6.45, 7) is 0.443. The number of rotatable bonds is 5. The van der Waals surface area contributed by atoms with Crippen LogP contribution in [0.5, 0.6) is 0 Å². The second kappa shape index (κ2) is 6.08. The van der Waals surface area contributed by atoms with E-state index >= 15 is 0 Å². The van der Waals surface area contributed by atoms with Crippen molar-refractivity contribution in [1.29, 1.82) is 0 Å². The maximum absolute atomic E-state index is 11.8.